The first kappa shape index (κ1) is 10.4. The Kier molecular flexibility index (Phi) is 2.39. The van der Waals surface area contributed by atoms with Crippen molar-refractivity contribution in [2.24, 2.45) is 5.92 Å². The van der Waals surface area contributed by atoms with E-state index >= 15 is 0 Å². The van der Waals surface area contributed by atoms with Crippen LogP contribution in [0.5, 0.6) is 0 Å². The van der Waals surface area contributed by atoms with E-state index in [2.05, 4.69) is 19.2 Å². The Hall–Kier alpha value is -0.0800. The van der Waals surface area contributed by atoms with Crippen LogP contribution in [-0.2, 0) is 0 Å². The molecular weight excluding hydrogens is 174 g/mol. The van der Waals surface area contributed by atoms with Crippen LogP contribution in [0.3, 0.4) is 0 Å². The molecule has 14 heavy (non-hydrogen) atoms. The number of aliphatic hydroxyl groups is 1. The van der Waals surface area contributed by atoms with Gasteiger partial charge >= 0.3 is 0 Å². The van der Waals surface area contributed by atoms with Gasteiger partial charge in [-0.05, 0) is 51.9 Å². The van der Waals surface area contributed by atoms with Crippen LogP contribution in [0.1, 0.15) is 52.9 Å². The molecule has 2 aliphatic carbocycles. The molecular formula is C12H23NO. The van der Waals surface area contributed by atoms with Crippen molar-refractivity contribution in [3.05, 3.63) is 0 Å². The zero-order valence-corrected chi connectivity index (χ0v) is 9.64. The zero-order chi connectivity index (χ0) is 10.4. The highest BCUT2D eigenvalue weighted by Gasteiger charge is 2.48. The van der Waals surface area contributed by atoms with Gasteiger partial charge in [-0.25, -0.2) is 0 Å². The summed E-state index contributed by atoms with van der Waals surface area (Å²) in [5, 5.41) is 13.9. The number of hydrogen-bond donors (Lipinski definition) is 2. The molecule has 0 spiro atoms. The van der Waals surface area contributed by atoms with E-state index in [-0.39, 0.29) is 5.54 Å². The summed E-state index contributed by atoms with van der Waals surface area (Å²) in [4.78, 5) is 0. The van der Waals surface area contributed by atoms with Gasteiger partial charge in [-0.1, -0.05) is 6.92 Å². The monoisotopic (exact) mass is 197 g/mol. The summed E-state index contributed by atoms with van der Waals surface area (Å²) in [6.07, 6.45) is 5.78. The fraction of sp³-hybridized carbons (Fsp3) is 1.00. The number of hydrogen-bond acceptors (Lipinski definition) is 2. The van der Waals surface area contributed by atoms with E-state index in [0.29, 0.717) is 6.04 Å². The molecule has 0 aromatic rings. The smallest absolute Gasteiger partial charge is 0.0797 e. The largest absolute Gasteiger partial charge is 0.388 e. The molecule has 82 valence electrons. The topological polar surface area (TPSA) is 32.3 Å². The molecule has 2 heteroatoms. The molecule has 0 aromatic carbocycles. The second-order valence-electron chi connectivity index (χ2n) is 5.88. The molecule has 2 aliphatic rings. The third kappa shape index (κ3) is 1.59. The summed E-state index contributed by atoms with van der Waals surface area (Å²) in [7, 11) is 0. The van der Waals surface area contributed by atoms with Crippen molar-refractivity contribution >= 4 is 0 Å². The van der Waals surface area contributed by atoms with Crippen molar-refractivity contribution in [3.8, 4) is 0 Å². The maximum Gasteiger partial charge on any atom is 0.0797 e. The Morgan fingerprint density at radius 1 is 1.21 bits per heavy atom. The molecule has 0 radical (unpaired) electrons. The summed E-state index contributed by atoms with van der Waals surface area (Å²) in [6, 6.07) is 0.652. The molecule has 0 amide bonds. The summed E-state index contributed by atoms with van der Waals surface area (Å²) in [5.74, 6) is 0.877. The highest BCUT2D eigenvalue weighted by atomic mass is 16.3. The van der Waals surface area contributed by atoms with Crippen molar-refractivity contribution in [2.75, 3.05) is 0 Å². The second kappa shape index (κ2) is 3.21. The molecule has 0 saturated heterocycles. The van der Waals surface area contributed by atoms with Crippen molar-refractivity contribution in [1.29, 1.82) is 0 Å². The van der Waals surface area contributed by atoms with E-state index in [1.54, 1.807) is 0 Å². The fourth-order valence-electron chi connectivity index (χ4n) is 3.03. The van der Waals surface area contributed by atoms with E-state index in [1.807, 2.05) is 6.92 Å². The van der Waals surface area contributed by atoms with Gasteiger partial charge in [0.05, 0.1) is 5.60 Å². The van der Waals surface area contributed by atoms with Crippen molar-refractivity contribution in [2.45, 2.75) is 70.1 Å². The lowest BCUT2D eigenvalue weighted by Crippen LogP contribution is -2.61. The normalized spacial score (nSPS) is 53.1. The average Bonchev–Trinajstić information content (AvgIpc) is 2.24. The van der Waals surface area contributed by atoms with Gasteiger partial charge in [0.1, 0.15) is 0 Å². The van der Waals surface area contributed by atoms with E-state index in [9.17, 15) is 5.11 Å². The van der Waals surface area contributed by atoms with Crippen molar-refractivity contribution < 1.29 is 5.11 Å². The van der Waals surface area contributed by atoms with Gasteiger partial charge in [-0.15, -0.1) is 0 Å². The van der Waals surface area contributed by atoms with Gasteiger partial charge in [0, 0.05) is 11.6 Å². The molecule has 2 saturated carbocycles. The maximum atomic E-state index is 10.3. The molecule has 0 aliphatic heterocycles. The van der Waals surface area contributed by atoms with E-state index < -0.39 is 5.60 Å². The quantitative estimate of drug-likeness (QED) is 0.710. The molecule has 2 unspecified atom stereocenters. The minimum atomic E-state index is -0.508. The van der Waals surface area contributed by atoms with Crippen LogP contribution in [0.15, 0.2) is 0 Å². The van der Waals surface area contributed by atoms with Gasteiger partial charge in [-0.3, -0.25) is 0 Å². The Morgan fingerprint density at radius 2 is 1.86 bits per heavy atom. The van der Waals surface area contributed by atoms with Gasteiger partial charge < -0.3 is 10.4 Å². The molecule has 2 fully saturated rings. The first-order chi connectivity index (χ1) is 6.43. The predicted octanol–water partition coefficient (Wildman–Crippen LogP) is 2.07. The molecule has 2 rings (SSSR count). The first-order valence-electron chi connectivity index (χ1n) is 5.93. The van der Waals surface area contributed by atoms with Crippen LogP contribution in [0, 0.1) is 5.92 Å². The molecule has 0 aromatic heterocycles. The number of nitrogens with one attached hydrogen (secondary N) is 1. The maximum absolute atomic E-state index is 10.3. The summed E-state index contributed by atoms with van der Waals surface area (Å²) >= 11 is 0. The van der Waals surface area contributed by atoms with Crippen molar-refractivity contribution in [1.82, 2.24) is 5.32 Å². The fourth-order valence-corrected chi connectivity index (χ4v) is 3.03. The molecule has 2 nitrogen and oxygen atoms in total. The van der Waals surface area contributed by atoms with Gasteiger partial charge in [-0.2, -0.15) is 0 Å². The van der Waals surface area contributed by atoms with Crippen LogP contribution in [0.25, 0.3) is 0 Å². The Balaban J connectivity index is 1.95. The minimum Gasteiger partial charge on any atom is -0.388 e. The molecule has 0 heterocycles. The minimum absolute atomic E-state index is 0.0438. The SMILES string of the molecule is CC1CC(NC2(C)CCCC2(C)O)C1. The lowest BCUT2D eigenvalue weighted by atomic mass is 9.77. The van der Waals surface area contributed by atoms with Crippen LogP contribution in [0.4, 0.5) is 0 Å². The highest BCUT2D eigenvalue weighted by molar-refractivity contribution is 5.07. The standard InChI is InChI=1S/C12H23NO/c1-9-7-10(8-9)13-11(2)5-4-6-12(11,3)14/h9-10,13-14H,4-8H2,1-3H3. The van der Waals surface area contributed by atoms with Gasteiger partial charge in [0.25, 0.3) is 0 Å². The predicted molar refractivity (Wildman–Crippen MR) is 58.2 cm³/mol. The Morgan fingerprint density at radius 3 is 2.29 bits per heavy atom. The Bertz CT molecular complexity index is 220. The second-order valence-corrected chi connectivity index (χ2v) is 5.88. The summed E-state index contributed by atoms with van der Waals surface area (Å²) in [6.45, 7) is 6.46. The molecule has 0 bridgehead atoms. The third-order valence-electron chi connectivity index (χ3n) is 4.43. The lowest BCUT2D eigenvalue weighted by Gasteiger charge is -2.45. The first-order valence-corrected chi connectivity index (χ1v) is 5.93. The van der Waals surface area contributed by atoms with Crippen LogP contribution >= 0.6 is 0 Å². The molecule has 2 N–H and O–H groups in total. The van der Waals surface area contributed by atoms with E-state index in [1.165, 1.54) is 12.8 Å². The summed E-state index contributed by atoms with van der Waals surface area (Å²) < 4.78 is 0. The van der Waals surface area contributed by atoms with Crippen LogP contribution in [-0.4, -0.2) is 22.3 Å². The lowest BCUT2D eigenvalue weighted by molar-refractivity contribution is -0.0198. The molecule has 2 atom stereocenters. The van der Waals surface area contributed by atoms with Crippen LogP contribution in [0.2, 0.25) is 0 Å². The van der Waals surface area contributed by atoms with Gasteiger partial charge in [0.15, 0.2) is 0 Å². The van der Waals surface area contributed by atoms with Crippen LogP contribution < -0.4 is 5.32 Å². The van der Waals surface area contributed by atoms with Crippen molar-refractivity contribution in [3.63, 3.8) is 0 Å². The highest BCUT2D eigenvalue weighted by Crippen LogP contribution is 2.41. The summed E-state index contributed by atoms with van der Waals surface area (Å²) in [5.41, 5.74) is -0.552. The zero-order valence-electron chi connectivity index (χ0n) is 9.64. The van der Waals surface area contributed by atoms with E-state index in [0.717, 1.165) is 25.2 Å². The average molecular weight is 197 g/mol. The number of rotatable bonds is 2. The third-order valence-corrected chi connectivity index (χ3v) is 4.43. The van der Waals surface area contributed by atoms with Gasteiger partial charge in [0.2, 0.25) is 0 Å². The Labute approximate surface area is 87.1 Å². The van der Waals surface area contributed by atoms with E-state index in [4.69, 9.17) is 0 Å².